The van der Waals surface area contributed by atoms with Gasteiger partial charge in [-0.1, -0.05) is 0 Å². The van der Waals surface area contributed by atoms with Crippen LogP contribution >= 0.6 is 24.0 Å². The first kappa shape index (κ1) is 22.3. The number of rotatable bonds is 8. The lowest BCUT2D eigenvalue weighted by Gasteiger charge is -2.12. The highest BCUT2D eigenvalue weighted by Gasteiger charge is 2.10. The van der Waals surface area contributed by atoms with Crippen LogP contribution in [0.3, 0.4) is 0 Å². The number of halogens is 3. The van der Waals surface area contributed by atoms with Crippen LogP contribution in [0.5, 0.6) is 0 Å². The number of hydrogen-bond donors (Lipinski definition) is 2. The van der Waals surface area contributed by atoms with Crippen LogP contribution < -0.4 is 10.6 Å². The summed E-state index contributed by atoms with van der Waals surface area (Å²) in [7, 11) is 0. The summed E-state index contributed by atoms with van der Waals surface area (Å²) in [6, 6.07) is 2.05. The average molecular weight is 481 g/mol. The highest BCUT2D eigenvalue weighted by atomic mass is 127. The van der Waals surface area contributed by atoms with Gasteiger partial charge in [0.25, 0.3) is 0 Å². The summed E-state index contributed by atoms with van der Waals surface area (Å²) in [4.78, 5) is 8.25. The van der Waals surface area contributed by atoms with Gasteiger partial charge in [0, 0.05) is 37.7 Å². The molecule has 0 aliphatic carbocycles. The van der Waals surface area contributed by atoms with Gasteiger partial charge in [0.1, 0.15) is 12.4 Å². The van der Waals surface area contributed by atoms with E-state index in [2.05, 4.69) is 25.7 Å². The number of aryl methyl sites for hydroxylation is 3. The van der Waals surface area contributed by atoms with Crippen LogP contribution in [0.25, 0.3) is 0 Å². The van der Waals surface area contributed by atoms with Gasteiger partial charge in [0.2, 0.25) is 0 Å². The second-order valence-corrected chi connectivity index (χ2v) is 5.65. The SMILES string of the molecule is CCNC(=NCc1nccn1C(F)F)NCCCn1nc(C)cc1C.I. The van der Waals surface area contributed by atoms with Gasteiger partial charge < -0.3 is 10.6 Å². The van der Waals surface area contributed by atoms with E-state index in [-0.39, 0.29) is 36.3 Å². The maximum atomic E-state index is 12.8. The first-order chi connectivity index (χ1) is 12.0. The summed E-state index contributed by atoms with van der Waals surface area (Å²) >= 11 is 0. The number of alkyl halides is 2. The van der Waals surface area contributed by atoms with Crippen molar-refractivity contribution in [1.29, 1.82) is 0 Å². The van der Waals surface area contributed by atoms with Gasteiger partial charge in [-0.25, -0.2) is 9.98 Å². The van der Waals surface area contributed by atoms with Crippen molar-refractivity contribution in [1.82, 2.24) is 30.0 Å². The second-order valence-electron chi connectivity index (χ2n) is 5.65. The Bertz CT molecular complexity index is 697. The molecule has 0 aliphatic rings. The molecule has 2 rings (SSSR count). The van der Waals surface area contributed by atoms with Crippen LogP contribution in [0.4, 0.5) is 8.78 Å². The monoisotopic (exact) mass is 481 g/mol. The van der Waals surface area contributed by atoms with Crippen molar-refractivity contribution in [2.24, 2.45) is 4.99 Å². The molecular formula is C16H26F2IN7. The summed E-state index contributed by atoms with van der Waals surface area (Å²) in [5, 5.41) is 10.7. The summed E-state index contributed by atoms with van der Waals surface area (Å²) in [5.74, 6) is 0.814. The van der Waals surface area contributed by atoms with Crippen LogP contribution in [0.2, 0.25) is 0 Å². The fraction of sp³-hybridized carbons (Fsp3) is 0.562. The lowest BCUT2D eigenvalue weighted by molar-refractivity contribution is 0.0671. The molecule has 0 saturated carbocycles. The Labute approximate surface area is 169 Å². The fourth-order valence-corrected chi connectivity index (χ4v) is 2.47. The second kappa shape index (κ2) is 11.1. The third-order valence-corrected chi connectivity index (χ3v) is 3.62. The van der Waals surface area contributed by atoms with Gasteiger partial charge in [-0.15, -0.1) is 24.0 Å². The minimum atomic E-state index is -2.61. The van der Waals surface area contributed by atoms with E-state index >= 15 is 0 Å². The van der Waals surface area contributed by atoms with E-state index < -0.39 is 6.55 Å². The number of guanidine groups is 1. The summed E-state index contributed by atoms with van der Waals surface area (Å²) in [6.07, 6.45) is 3.48. The molecule has 0 spiro atoms. The van der Waals surface area contributed by atoms with Gasteiger partial charge in [-0.05, 0) is 33.3 Å². The Morgan fingerprint density at radius 3 is 2.69 bits per heavy atom. The van der Waals surface area contributed by atoms with Crippen LogP contribution in [-0.4, -0.2) is 38.4 Å². The molecule has 0 aromatic carbocycles. The summed E-state index contributed by atoms with van der Waals surface area (Å²) in [6.45, 7) is 5.63. The van der Waals surface area contributed by atoms with E-state index in [1.54, 1.807) is 0 Å². The predicted octanol–water partition coefficient (Wildman–Crippen LogP) is 2.85. The number of nitrogens with one attached hydrogen (secondary N) is 2. The largest absolute Gasteiger partial charge is 0.357 e. The molecule has 2 heterocycles. The standard InChI is InChI=1S/C16H25F2N7.HI/c1-4-19-16(22-11-14-20-7-9-24(14)15(17)18)21-6-5-8-25-13(3)10-12(2)23-25;/h7,9-10,15H,4-6,8,11H2,1-3H3,(H2,19,21,22);1H. The quantitative estimate of drug-likeness (QED) is 0.263. The summed E-state index contributed by atoms with van der Waals surface area (Å²) in [5.41, 5.74) is 2.15. The van der Waals surface area contributed by atoms with Crippen molar-refractivity contribution in [3.63, 3.8) is 0 Å². The Balaban J connectivity index is 0.00000338. The number of aromatic nitrogens is 4. The van der Waals surface area contributed by atoms with Crippen LogP contribution in [0, 0.1) is 13.8 Å². The third-order valence-electron chi connectivity index (χ3n) is 3.62. The molecule has 146 valence electrons. The van der Waals surface area contributed by atoms with Gasteiger partial charge in [-0.3, -0.25) is 9.25 Å². The van der Waals surface area contributed by atoms with E-state index in [9.17, 15) is 8.78 Å². The molecule has 0 amide bonds. The maximum Gasteiger partial charge on any atom is 0.319 e. The topological polar surface area (TPSA) is 72.1 Å². The first-order valence-corrected chi connectivity index (χ1v) is 8.34. The van der Waals surface area contributed by atoms with E-state index in [0.717, 1.165) is 28.9 Å². The number of imidazole rings is 1. The van der Waals surface area contributed by atoms with E-state index in [1.807, 2.05) is 31.5 Å². The summed E-state index contributed by atoms with van der Waals surface area (Å²) < 4.78 is 28.4. The molecule has 10 heteroatoms. The molecule has 0 aliphatic heterocycles. The fourth-order valence-electron chi connectivity index (χ4n) is 2.47. The minimum Gasteiger partial charge on any atom is -0.357 e. The Hall–Kier alpha value is -1.72. The van der Waals surface area contributed by atoms with E-state index in [4.69, 9.17) is 0 Å². The van der Waals surface area contributed by atoms with Crippen molar-refractivity contribution in [2.45, 2.75) is 46.8 Å². The zero-order valence-electron chi connectivity index (χ0n) is 15.2. The molecule has 0 radical (unpaired) electrons. The van der Waals surface area contributed by atoms with Crippen molar-refractivity contribution in [3.05, 3.63) is 35.7 Å². The number of aliphatic imine (C=N–C) groups is 1. The maximum absolute atomic E-state index is 12.8. The molecule has 2 aromatic rings. The van der Waals surface area contributed by atoms with Crippen molar-refractivity contribution < 1.29 is 8.78 Å². The Kier molecular flexibility index (Phi) is 9.52. The zero-order chi connectivity index (χ0) is 18.2. The van der Waals surface area contributed by atoms with Gasteiger partial charge in [-0.2, -0.15) is 13.9 Å². The van der Waals surface area contributed by atoms with E-state index in [0.29, 0.717) is 19.0 Å². The molecule has 0 atom stereocenters. The molecule has 0 unspecified atom stereocenters. The molecule has 2 N–H and O–H groups in total. The molecule has 7 nitrogen and oxygen atoms in total. The van der Waals surface area contributed by atoms with Crippen LogP contribution in [0.15, 0.2) is 23.5 Å². The minimum absolute atomic E-state index is 0. The lowest BCUT2D eigenvalue weighted by Crippen LogP contribution is -2.38. The van der Waals surface area contributed by atoms with Crippen molar-refractivity contribution in [3.8, 4) is 0 Å². The van der Waals surface area contributed by atoms with Gasteiger partial charge in [0.05, 0.1) is 5.69 Å². The Morgan fingerprint density at radius 1 is 1.31 bits per heavy atom. The molecule has 0 saturated heterocycles. The average Bonchev–Trinajstić information content (AvgIpc) is 3.15. The van der Waals surface area contributed by atoms with Gasteiger partial charge in [0.15, 0.2) is 5.96 Å². The predicted molar refractivity (Wildman–Crippen MR) is 108 cm³/mol. The number of nitrogens with zero attached hydrogens (tertiary/aromatic N) is 5. The molecule has 0 fully saturated rings. The van der Waals surface area contributed by atoms with Crippen LogP contribution in [0.1, 0.15) is 37.1 Å². The van der Waals surface area contributed by atoms with Gasteiger partial charge >= 0.3 is 6.55 Å². The molecule has 26 heavy (non-hydrogen) atoms. The molecular weight excluding hydrogens is 455 g/mol. The first-order valence-electron chi connectivity index (χ1n) is 8.34. The highest BCUT2D eigenvalue weighted by molar-refractivity contribution is 14.0. The molecule has 2 aromatic heterocycles. The third kappa shape index (κ3) is 6.54. The molecule has 0 bridgehead atoms. The zero-order valence-corrected chi connectivity index (χ0v) is 17.6. The lowest BCUT2D eigenvalue weighted by atomic mass is 10.4. The van der Waals surface area contributed by atoms with E-state index in [1.165, 1.54) is 12.4 Å². The number of hydrogen-bond acceptors (Lipinski definition) is 3. The highest BCUT2D eigenvalue weighted by Crippen LogP contribution is 2.12. The van der Waals surface area contributed by atoms with Crippen LogP contribution in [-0.2, 0) is 13.1 Å². The van der Waals surface area contributed by atoms with Crippen molar-refractivity contribution in [2.75, 3.05) is 13.1 Å². The normalized spacial score (nSPS) is 11.5. The van der Waals surface area contributed by atoms with Crippen molar-refractivity contribution >= 4 is 29.9 Å². The smallest absolute Gasteiger partial charge is 0.319 e. The Morgan fingerprint density at radius 2 is 2.08 bits per heavy atom.